The van der Waals surface area contributed by atoms with Crippen LogP contribution in [0.3, 0.4) is 0 Å². The lowest BCUT2D eigenvalue weighted by Crippen LogP contribution is -2.46. The molecule has 3 heterocycles. The SMILES string of the molecule is CCc1csc2nc(N3CCN(C=O)CC3)nc(N)c12. The van der Waals surface area contributed by atoms with E-state index in [0.29, 0.717) is 24.9 Å². The van der Waals surface area contributed by atoms with Gasteiger partial charge in [0.2, 0.25) is 12.4 Å². The van der Waals surface area contributed by atoms with Crippen molar-refractivity contribution < 1.29 is 4.79 Å². The molecule has 20 heavy (non-hydrogen) atoms. The van der Waals surface area contributed by atoms with E-state index in [0.717, 1.165) is 36.1 Å². The Bertz CT molecular complexity index is 633. The fourth-order valence-electron chi connectivity index (χ4n) is 2.45. The number of carbonyl (C=O) groups is 1. The van der Waals surface area contributed by atoms with Crippen molar-refractivity contribution in [2.45, 2.75) is 13.3 Å². The van der Waals surface area contributed by atoms with Crippen LogP contribution >= 0.6 is 11.3 Å². The van der Waals surface area contributed by atoms with Crippen molar-refractivity contribution >= 4 is 39.7 Å². The monoisotopic (exact) mass is 291 g/mol. The van der Waals surface area contributed by atoms with Crippen LogP contribution in [0, 0.1) is 0 Å². The summed E-state index contributed by atoms with van der Waals surface area (Å²) in [5, 5.41) is 3.09. The molecule has 0 radical (unpaired) electrons. The third-order valence-corrected chi connectivity index (χ3v) is 4.57. The van der Waals surface area contributed by atoms with E-state index in [1.807, 2.05) is 0 Å². The highest BCUT2D eigenvalue weighted by Gasteiger charge is 2.20. The van der Waals surface area contributed by atoms with Gasteiger partial charge in [-0.3, -0.25) is 4.79 Å². The number of rotatable bonds is 3. The number of nitrogen functional groups attached to an aromatic ring is 1. The molecule has 1 fully saturated rings. The summed E-state index contributed by atoms with van der Waals surface area (Å²) in [7, 11) is 0. The van der Waals surface area contributed by atoms with E-state index in [9.17, 15) is 4.79 Å². The molecule has 0 atom stereocenters. The number of aryl methyl sites for hydroxylation is 1. The van der Waals surface area contributed by atoms with E-state index in [2.05, 4.69) is 27.2 Å². The highest BCUT2D eigenvalue weighted by atomic mass is 32.1. The molecule has 6 nitrogen and oxygen atoms in total. The molecule has 0 saturated carbocycles. The van der Waals surface area contributed by atoms with Crippen LogP contribution in [0.15, 0.2) is 5.38 Å². The van der Waals surface area contributed by atoms with Gasteiger partial charge in [0.05, 0.1) is 5.39 Å². The standard InChI is InChI=1S/C13H17N5OS/c1-2-9-7-20-12-10(9)11(14)15-13(16-12)18-5-3-17(8-19)4-6-18/h7-8H,2-6H2,1H3,(H2,14,15,16). The molecule has 7 heteroatoms. The van der Waals surface area contributed by atoms with Gasteiger partial charge >= 0.3 is 0 Å². The lowest BCUT2D eigenvalue weighted by atomic mass is 10.2. The van der Waals surface area contributed by atoms with Gasteiger partial charge in [-0.05, 0) is 17.4 Å². The number of carbonyl (C=O) groups excluding carboxylic acids is 1. The molecule has 2 N–H and O–H groups in total. The maximum absolute atomic E-state index is 10.7. The van der Waals surface area contributed by atoms with Crippen LogP contribution in [0.1, 0.15) is 12.5 Å². The number of nitrogens with two attached hydrogens (primary N) is 1. The summed E-state index contributed by atoms with van der Waals surface area (Å²) in [6.07, 6.45) is 1.83. The van der Waals surface area contributed by atoms with Gasteiger partial charge in [-0.15, -0.1) is 11.3 Å². The minimum absolute atomic E-state index is 0.556. The van der Waals surface area contributed by atoms with Crippen molar-refractivity contribution in [1.82, 2.24) is 14.9 Å². The molecule has 3 rings (SSSR count). The quantitative estimate of drug-likeness (QED) is 0.858. The van der Waals surface area contributed by atoms with Crippen LogP contribution in [0.5, 0.6) is 0 Å². The number of amides is 1. The molecular formula is C13H17N5OS. The molecule has 0 bridgehead atoms. The minimum atomic E-state index is 0.556. The number of fused-ring (bicyclic) bond motifs is 1. The maximum Gasteiger partial charge on any atom is 0.228 e. The van der Waals surface area contributed by atoms with Crippen molar-refractivity contribution in [1.29, 1.82) is 0 Å². The predicted molar refractivity (Wildman–Crippen MR) is 81.1 cm³/mol. The van der Waals surface area contributed by atoms with E-state index >= 15 is 0 Å². The van der Waals surface area contributed by atoms with Crippen molar-refractivity contribution in [2.75, 3.05) is 36.8 Å². The number of piperazine rings is 1. The first kappa shape index (κ1) is 13.1. The average Bonchev–Trinajstić information content (AvgIpc) is 2.91. The van der Waals surface area contributed by atoms with Crippen LogP contribution in [-0.4, -0.2) is 47.5 Å². The summed E-state index contributed by atoms with van der Waals surface area (Å²) in [5.41, 5.74) is 7.31. The Labute approximate surface area is 121 Å². The fraction of sp³-hybridized carbons (Fsp3) is 0.462. The lowest BCUT2D eigenvalue weighted by molar-refractivity contribution is -0.118. The van der Waals surface area contributed by atoms with Gasteiger partial charge in [0.15, 0.2) is 0 Å². The molecule has 0 aliphatic carbocycles. The van der Waals surface area contributed by atoms with Gasteiger partial charge < -0.3 is 15.5 Å². The van der Waals surface area contributed by atoms with Gasteiger partial charge in [0.25, 0.3) is 0 Å². The Morgan fingerprint density at radius 3 is 2.75 bits per heavy atom. The van der Waals surface area contributed by atoms with Crippen molar-refractivity contribution in [3.8, 4) is 0 Å². The maximum atomic E-state index is 10.7. The van der Waals surface area contributed by atoms with Crippen LogP contribution in [0.4, 0.5) is 11.8 Å². The number of anilines is 2. The Balaban J connectivity index is 1.91. The largest absolute Gasteiger partial charge is 0.383 e. The van der Waals surface area contributed by atoms with Crippen molar-refractivity contribution in [3.05, 3.63) is 10.9 Å². The first-order valence-corrected chi connectivity index (χ1v) is 7.58. The summed E-state index contributed by atoms with van der Waals surface area (Å²) in [5.74, 6) is 1.23. The van der Waals surface area contributed by atoms with E-state index < -0.39 is 0 Å². The minimum Gasteiger partial charge on any atom is -0.383 e. The third kappa shape index (κ3) is 2.18. The smallest absolute Gasteiger partial charge is 0.228 e. The van der Waals surface area contributed by atoms with Crippen LogP contribution in [0.2, 0.25) is 0 Å². The van der Waals surface area contributed by atoms with Crippen molar-refractivity contribution in [3.63, 3.8) is 0 Å². The van der Waals surface area contributed by atoms with Gasteiger partial charge in [0, 0.05) is 26.2 Å². The molecule has 0 unspecified atom stereocenters. The number of hydrogen-bond acceptors (Lipinski definition) is 6. The lowest BCUT2D eigenvalue weighted by Gasteiger charge is -2.32. The molecule has 2 aromatic rings. The summed E-state index contributed by atoms with van der Waals surface area (Å²) in [6, 6.07) is 0. The second-order valence-electron chi connectivity index (χ2n) is 4.83. The molecule has 0 aromatic carbocycles. The van der Waals surface area contributed by atoms with Crippen LogP contribution in [-0.2, 0) is 11.2 Å². The summed E-state index contributed by atoms with van der Waals surface area (Å²) in [4.78, 5) is 24.6. The molecule has 106 valence electrons. The van der Waals surface area contributed by atoms with E-state index in [1.165, 1.54) is 5.56 Å². The van der Waals surface area contributed by atoms with Gasteiger partial charge in [-0.25, -0.2) is 4.98 Å². The summed E-state index contributed by atoms with van der Waals surface area (Å²) >= 11 is 1.61. The van der Waals surface area contributed by atoms with Crippen molar-refractivity contribution in [2.24, 2.45) is 0 Å². The third-order valence-electron chi connectivity index (χ3n) is 3.65. The Morgan fingerprint density at radius 2 is 2.10 bits per heavy atom. The molecule has 1 aliphatic heterocycles. The van der Waals surface area contributed by atoms with E-state index in [4.69, 9.17) is 5.73 Å². The second kappa shape index (κ2) is 5.24. The molecule has 1 saturated heterocycles. The molecule has 1 aliphatic rings. The van der Waals surface area contributed by atoms with Gasteiger partial charge in [-0.2, -0.15) is 4.98 Å². The highest BCUT2D eigenvalue weighted by Crippen LogP contribution is 2.30. The normalized spacial score (nSPS) is 15.8. The van der Waals surface area contributed by atoms with Gasteiger partial charge in [0.1, 0.15) is 10.6 Å². The summed E-state index contributed by atoms with van der Waals surface area (Å²) in [6.45, 7) is 5.00. The highest BCUT2D eigenvalue weighted by molar-refractivity contribution is 7.17. The number of thiophene rings is 1. The Kier molecular flexibility index (Phi) is 3.43. The van der Waals surface area contributed by atoms with Gasteiger partial charge in [-0.1, -0.05) is 6.92 Å². The number of hydrogen-bond donors (Lipinski definition) is 1. The molecule has 2 aromatic heterocycles. The van der Waals surface area contributed by atoms with Crippen LogP contribution in [0.25, 0.3) is 10.2 Å². The molecule has 0 spiro atoms. The van der Waals surface area contributed by atoms with Crippen LogP contribution < -0.4 is 10.6 Å². The molecule has 1 amide bonds. The zero-order chi connectivity index (χ0) is 14.1. The first-order chi connectivity index (χ1) is 9.72. The number of aromatic nitrogens is 2. The summed E-state index contributed by atoms with van der Waals surface area (Å²) < 4.78 is 0. The zero-order valence-electron chi connectivity index (χ0n) is 11.4. The van der Waals surface area contributed by atoms with E-state index in [-0.39, 0.29) is 0 Å². The average molecular weight is 291 g/mol. The second-order valence-corrected chi connectivity index (χ2v) is 5.69. The van der Waals surface area contributed by atoms with E-state index in [1.54, 1.807) is 16.2 Å². The predicted octanol–water partition coefficient (Wildman–Crippen LogP) is 1.11. The zero-order valence-corrected chi connectivity index (χ0v) is 12.2. The number of nitrogens with zero attached hydrogens (tertiary/aromatic N) is 4. The Hall–Kier alpha value is -1.89. The Morgan fingerprint density at radius 1 is 1.35 bits per heavy atom. The fourth-order valence-corrected chi connectivity index (χ4v) is 3.47. The molecular weight excluding hydrogens is 274 g/mol. The topological polar surface area (TPSA) is 75.4 Å². The first-order valence-electron chi connectivity index (χ1n) is 6.70.